The second kappa shape index (κ2) is 6.38. The minimum absolute atomic E-state index is 0.00377. The summed E-state index contributed by atoms with van der Waals surface area (Å²) in [6, 6.07) is 7.14. The Kier molecular flexibility index (Phi) is 4.74. The Morgan fingerprint density at radius 2 is 1.91 bits per heavy atom. The Morgan fingerprint density at radius 1 is 1.27 bits per heavy atom. The summed E-state index contributed by atoms with van der Waals surface area (Å²) in [5.74, 6) is 0.768. The molecule has 0 bridgehead atoms. The van der Waals surface area contributed by atoms with Crippen molar-refractivity contribution in [3.8, 4) is 5.75 Å². The van der Waals surface area contributed by atoms with Crippen molar-refractivity contribution in [2.75, 3.05) is 13.7 Å². The smallest absolute Gasteiger partial charge is 0.410 e. The lowest BCUT2D eigenvalue weighted by Gasteiger charge is -2.27. The van der Waals surface area contributed by atoms with E-state index in [0.29, 0.717) is 6.54 Å². The summed E-state index contributed by atoms with van der Waals surface area (Å²) < 4.78 is 10.5. The topological polar surface area (TPSA) is 55.8 Å². The zero-order valence-corrected chi connectivity index (χ0v) is 13.5. The van der Waals surface area contributed by atoms with E-state index in [2.05, 4.69) is 0 Å². The summed E-state index contributed by atoms with van der Waals surface area (Å²) in [5, 5.41) is 0. The summed E-state index contributed by atoms with van der Waals surface area (Å²) in [4.78, 5) is 25.3. The first-order valence-corrected chi connectivity index (χ1v) is 7.44. The van der Waals surface area contributed by atoms with E-state index in [1.165, 1.54) is 4.90 Å². The van der Waals surface area contributed by atoms with Crippen LogP contribution < -0.4 is 4.74 Å². The first-order chi connectivity index (χ1) is 10.4. The molecule has 0 aliphatic carbocycles. The Bertz CT molecular complexity index is 533. The Hall–Kier alpha value is -2.04. The molecule has 2 rings (SSSR count). The van der Waals surface area contributed by atoms with E-state index in [4.69, 9.17) is 9.47 Å². The number of carbonyl (C=O) groups is 2. The van der Waals surface area contributed by atoms with Gasteiger partial charge in [-0.25, -0.2) is 4.79 Å². The summed E-state index contributed by atoms with van der Waals surface area (Å²) in [7, 11) is 1.61. The molecule has 0 N–H and O–H groups in total. The molecule has 0 unspecified atom stereocenters. The molecule has 0 spiro atoms. The molecule has 1 aliphatic rings. The van der Waals surface area contributed by atoms with Crippen LogP contribution in [0, 0.1) is 0 Å². The lowest BCUT2D eigenvalue weighted by atomic mass is 9.92. The average molecular weight is 305 g/mol. The third kappa shape index (κ3) is 3.59. The van der Waals surface area contributed by atoms with Crippen molar-refractivity contribution in [3.63, 3.8) is 0 Å². The molecule has 1 amide bonds. The van der Waals surface area contributed by atoms with Gasteiger partial charge in [-0.3, -0.25) is 4.90 Å². The molecule has 0 aromatic heterocycles. The molecule has 1 fully saturated rings. The summed E-state index contributed by atoms with van der Waals surface area (Å²) >= 11 is 0. The van der Waals surface area contributed by atoms with Crippen LogP contribution in [-0.4, -0.2) is 42.6 Å². The van der Waals surface area contributed by atoms with Crippen molar-refractivity contribution in [2.24, 2.45) is 0 Å². The van der Waals surface area contributed by atoms with E-state index in [0.717, 1.165) is 24.0 Å². The number of carbonyl (C=O) groups excluding carboxylic acids is 2. The minimum atomic E-state index is -0.567. The number of hydrogen-bond donors (Lipinski definition) is 0. The molecule has 120 valence electrons. The number of benzene rings is 1. The molecule has 1 saturated heterocycles. The van der Waals surface area contributed by atoms with Gasteiger partial charge in [-0.15, -0.1) is 0 Å². The fourth-order valence-electron chi connectivity index (χ4n) is 2.73. The third-order valence-corrected chi connectivity index (χ3v) is 3.76. The molecule has 1 aromatic carbocycles. The fourth-order valence-corrected chi connectivity index (χ4v) is 2.73. The molecule has 0 saturated carbocycles. The Morgan fingerprint density at radius 3 is 2.41 bits per heavy atom. The maximum Gasteiger partial charge on any atom is 0.410 e. The fraction of sp³-hybridized carbons (Fsp3) is 0.529. The number of aldehydes is 1. The van der Waals surface area contributed by atoms with Gasteiger partial charge in [-0.05, 0) is 44.9 Å². The molecule has 5 heteroatoms. The Labute approximate surface area is 131 Å². The van der Waals surface area contributed by atoms with Crippen LogP contribution in [-0.2, 0) is 9.53 Å². The third-order valence-electron chi connectivity index (χ3n) is 3.76. The summed E-state index contributed by atoms with van der Waals surface area (Å²) in [6.07, 6.45) is 1.15. The standard InChI is InChI=1S/C17H23NO4/c1-17(2,3)22-16(20)18-10-9-14(15(18)11-19)12-5-7-13(21-4)8-6-12/h5-8,11,14-15H,9-10H2,1-4H3/t14-,15-/m1/s1. The maximum absolute atomic E-state index is 12.2. The highest BCUT2D eigenvalue weighted by Crippen LogP contribution is 2.34. The number of nitrogens with zero attached hydrogens (tertiary/aromatic N) is 1. The zero-order valence-electron chi connectivity index (χ0n) is 13.5. The molecule has 1 aromatic rings. The number of rotatable bonds is 3. The van der Waals surface area contributed by atoms with E-state index >= 15 is 0 Å². The number of ether oxygens (including phenoxy) is 2. The summed E-state index contributed by atoms with van der Waals surface area (Å²) in [6.45, 7) is 5.97. The normalized spacial score (nSPS) is 21.5. The van der Waals surface area contributed by atoms with E-state index in [1.807, 2.05) is 45.0 Å². The number of hydrogen-bond acceptors (Lipinski definition) is 4. The zero-order chi connectivity index (χ0) is 16.3. The first-order valence-electron chi connectivity index (χ1n) is 7.44. The first kappa shape index (κ1) is 16.3. The highest BCUT2D eigenvalue weighted by atomic mass is 16.6. The van der Waals surface area contributed by atoms with Gasteiger partial charge in [0, 0.05) is 12.5 Å². The van der Waals surface area contributed by atoms with Gasteiger partial charge in [-0.2, -0.15) is 0 Å². The van der Waals surface area contributed by atoms with Gasteiger partial charge in [0.1, 0.15) is 17.6 Å². The van der Waals surface area contributed by atoms with Gasteiger partial charge in [-0.1, -0.05) is 12.1 Å². The minimum Gasteiger partial charge on any atom is -0.497 e. The van der Waals surface area contributed by atoms with Crippen LogP contribution in [0.4, 0.5) is 4.79 Å². The second-order valence-electron chi connectivity index (χ2n) is 6.47. The monoisotopic (exact) mass is 305 g/mol. The van der Waals surface area contributed by atoms with Crippen LogP contribution in [0.1, 0.15) is 38.7 Å². The highest BCUT2D eigenvalue weighted by molar-refractivity contribution is 5.75. The quantitative estimate of drug-likeness (QED) is 0.806. The highest BCUT2D eigenvalue weighted by Gasteiger charge is 2.39. The van der Waals surface area contributed by atoms with Crippen LogP contribution in [0.25, 0.3) is 0 Å². The van der Waals surface area contributed by atoms with Crippen LogP contribution in [0.5, 0.6) is 5.75 Å². The van der Waals surface area contributed by atoms with Gasteiger partial charge >= 0.3 is 6.09 Å². The molecule has 1 heterocycles. The number of methoxy groups -OCH3 is 1. The van der Waals surface area contributed by atoms with Gasteiger partial charge in [0.05, 0.1) is 13.2 Å². The SMILES string of the molecule is COc1ccc([C@H]2CCN(C(=O)OC(C)(C)C)[C@@H]2C=O)cc1. The van der Waals surface area contributed by atoms with E-state index < -0.39 is 17.7 Å². The summed E-state index contributed by atoms with van der Waals surface area (Å²) in [5.41, 5.74) is 0.465. The molecule has 0 radical (unpaired) electrons. The molecular weight excluding hydrogens is 282 g/mol. The van der Waals surface area contributed by atoms with Crippen LogP contribution in [0.3, 0.4) is 0 Å². The molecule has 5 nitrogen and oxygen atoms in total. The lowest BCUT2D eigenvalue weighted by molar-refractivity contribution is -0.112. The van der Waals surface area contributed by atoms with Gasteiger partial charge < -0.3 is 14.3 Å². The van der Waals surface area contributed by atoms with Crippen LogP contribution in [0.2, 0.25) is 0 Å². The molecule has 2 atom stereocenters. The van der Waals surface area contributed by atoms with Crippen molar-refractivity contribution in [1.29, 1.82) is 0 Å². The van der Waals surface area contributed by atoms with E-state index in [9.17, 15) is 9.59 Å². The number of likely N-dealkylation sites (tertiary alicyclic amines) is 1. The van der Waals surface area contributed by atoms with E-state index in [-0.39, 0.29) is 5.92 Å². The largest absolute Gasteiger partial charge is 0.497 e. The molecular formula is C17H23NO4. The van der Waals surface area contributed by atoms with Crippen LogP contribution in [0.15, 0.2) is 24.3 Å². The van der Waals surface area contributed by atoms with Crippen molar-refractivity contribution in [2.45, 2.75) is 44.8 Å². The van der Waals surface area contributed by atoms with Gasteiger partial charge in [0.2, 0.25) is 0 Å². The molecule has 22 heavy (non-hydrogen) atoms. The van der Waals surface area contributed by atoms with Crippen molar-refractivity contribution in [1.82, 2.24) is 4.90 Å². The maximum atomic E-state index is 12.2. The van der Waals surface area contributed by atoms with E-state index in [1.54, 1.807) is 7.11 Å². The van der Waals surface area contributed by atoms with Crippen molar-refractivity contribution < 1.29 is 19.1 Å². The van der Waals surface area contributed by atoms with Crippen molar-refractivity contribution in [3.05, 3.63) is 29.8 Å². The predicted molar refractivity (Wildman–Crippen MR) is 83.1 cm³/mol. The lowest BCUT2D eigenvalue weighted by Crippen LogP contribution is -2.41. The number of amides is 1. The average Bonchev–Trinajstić information content (AvgIpc) is 2.89. The predicted octanol–water partition coefficient (Wildman–Crippen LogP) is 2.99. The van der Waals surface area contributed by atoms with Crippen LogP contribution >= 0.6 is 0 Å². The Balaban J connectivity index is 2.15. The van der Waals surface area contributed by atoms with Gasteiger partial charge in [0.25, 0.3) is 0 Å². The van der Waals surface area contributed by atoms with Crippen molar-refractivity contribution >= 4 is 12.4 Å². The van der Waals surface area contributed by atoms with Gasteiger partial charge in [0.15, 0.2) is 0 Å². The second-order valence-corrected chi connectivity index (χ2v) is 6.47. The molecule has 1 aliphatic heterocycles.